The number of hydrogen-bond donors (Lipinski definition) is 1. The Morgan fingerprint density at radius 2 is 2.20 bits per heavy atom. The fourth-order valence-corrected chi connectivity index (χ4v) is 4.09. The van der Waals surface area contributed by atoms with Gasteiger partial charge < -0.3 is 4.90 Å². The molecule has 0 unspecified atom stereocenters. The van der Waals surface area contributed by atoms with E-state index in [-0.39, 0.29) is 18.5 Å². The maximum absolute atomic E-state index is 12.8. The largest absolute Gasteiger partial charge is 0.338 e. The lowest BCUT2D eigenvalue weighted by atomic mass is 9.97. The first-order chi connectivity index (χ1) is 12.0. The number of aryl methyl sites for hydroxylation is 2. The van der Waals surface area contributed by atoms with Crippen LogP contribution in [-0.2, 0) is 17.8 Å². The Kier molecular flexibility index (Phi) is 5.53. The molecule has 1 amide bonds. The molecular formula is C18H23N3O3S. The van der Waals surface area contributed by atoms with Crippen LogP contribution in [0.25, 0.3) is 0 Å². The van der Waals surface area contributed by atoms with E-state index in [1.807, 2.05) is 4.90 Å². The summed E-state index contributed by atoms with van der Waals surface area (Å²) in [4.78, 5) is 41.7. The summed E-state index contributed by atoms with van der Waals surface area (Å²) in [6.45, 7) is 2.35. The molecule has 0 spiro atoms. The first-order valence-corrected chi connectivity index (χ1v) is 9.55. The minimum absolute atomic E-state index is 0.0219. The lowest BCUT2D eigenvalue weighted by Crippen LogP contribution is -2.46. The third-order valence-corrected chi connectivity index (χ3v) is 5.68. The van der Waals surface area contributed by atoms with Crippen LogP contribution in [0.1, 0.15) is 36.1 Å². The molecule has 1 N–H and O–H groups in total. The number of rotatable bonds is 5. The maximum atomic E-state index is 12.8. The number of carbonyl (C=O) groups is 1. The molecule has 0 aliphatic carbocycles. The number of hydrogen-bond acceptors (Lipinski definition) is 4. The molecule has 1 aliphatic heterocycles. The second-order valence-electron chi connectivity index (χ2n) is 6.55. The molecule has 1 fully saturated rings. The van der Waals surface area contributed by atoms with Gasteiger partial charge in [-0.05, 0) is 50.5 Å². The third-order valence-electron chi connectivity index (χ3n) is 4.75. The van der Waals surface area contributed by atoms with E-state index in [9.17, 15) is 14.4 Å². The van der Waals surface area contributed by atoms with Crippen molar-refractivity contribution >= 4 is 17.2 Å². The predicted octanol–water partition coefficient (Wildman–Crippen LogP) is 1.92. The first-order valence-electron chi connectivity index (χ1n) is 8.67. The fraction of sp³-hybridized carbons (Fsp3) is 0.500. The van der Waals surface area contributed by atoms with E-state index in [2.05, 4.69) is 22.5 Å². The zero-order chi connectivity index (χ0) is 17.8. The molecule has 25 heavy (non-hydrogen) atoms. The number of aromatic amines is 1. The Hall–Kier alpha value is -2.15. The second kappa shape index (κ2) is 7.82. The monoisotopic (exact) mass is 361 g/mol. The van der Waals surface area contributed by atoms with Gasteiger partial charge in [0, 0.05) is 29.2 Å². The minimum atomic E-state index is -0.531. The molecule has 0 aromatic carbocycles. The summed E-state index contributed by atoms with van der Waals surface area (Å²) in [5.74, 6) is -0.0515. The van der Waals surface area contributed by atoms with Crippen LogP contribution in [-0.4, -0.2) is 32.9 Å². The molecule has 2 aromatic rings. The summed E-state index contributed by atoms with van der Waals surface area (Å²) in [5, 5.41) is 2.07. The number of nitrogens with zero attached hydrogens (tertiary/aromatic N) is 2. The molecule has 0 saturated carbocycles. The van der Waals surface area contributed by atoms with Gasteiger partial charge in [-0.15, -0.1) is 11.3 Å². The maximum Gasteiger partial charge on any atom is 0.328 e. The number of amides is 1. The highest BCUT2D eigenvalue weighted by atomic mass is 32.1. The first kappa shape index (κ1) is 17.7. The molecule has 2 aromatic heterocycles. The highest BCUT2D eigenvalue weighted by Crippen LogP contribution is 2.23. The summed E-state index contributed by atoms with van der Waals surface area (Å²) < 4.78 is 1.30. The Balaban J connectivity index is 1.69. The number of likely N-dealkylation sites (tertiary alicyclic amines) is 1. The summed E-state index contributed by atoms with van der Waals surface area (Å²) in [7, 11) is 0. The van der Waals surface area contributed by atoms with E-state index in [1.165, 1.54) is 15.6 Å². The van der Waals surface area contributed by atoms with Crippen molar-refractivity contribution in [2.45, 2.75) is 51.6 Å². The van der Waals surface area contributed by atoms with E-state index in [0.29, 0.717) is 5.56 Å². The summed E-state index contributed by atoms with van der Waals surface area (Å²) in [6.07, 6.45) is 6.54. The number of aromatic nitrogens is 2. The van der Waals surface area contributed by atoms with Crippen molar-refractivity contribution in [2.75, 3.05) is 6.54 Å². The van der Waals surface area contributed by atoms with E-state index in [0.717, 1.165) is 38.6 Å². The predicted molar refractivity (Wildman–Crippen MR) is 98.1 cm³/mol. The summed E-state index contributed by atoms with van der Waals surface area (Å²) >= 11 is 1.75. The number of thiophene rings is 1. The highest BCUT2D eigenvalue weighted by molar-refractivity contribution is 7.09. The van der Waals surface area contributed by atoms with Crippen molar-refractivity contribution in [1.82, 2.24) is 14.5 Å². The van der Waals surface area contributed by atoms with Crippen LogP contribution in [0, 0.1) is 6.92 Å². The fourth-order valence-electron chi connectivity index (χ4n) is 3.37. The average molecular weight is 361 g/mol. The van der Waals surface area contributed by atoms with Crippen LogP contribution in [0.4, 0.5) is 0 Å². The molecule has 1 atom stereocenters. The second-order valence-corrected chi connectivity index (χ2v) is 7.59. The molecule has 0 bridgehead atoms. The minimum Gasteiger partial charge on any atom is -0.338 e. The summed E-state index contributed by atoms with van der Waals surface area (Å²) in [5.41, 5.74) is -0.503. The van der Waals surface area contributed by atoms with Crippen LogP contribution in [0.5, 0.6) is 0 Å². The normalized spacial score (nSPS) is 17.6. The van der Waals surface area contributed by atoms with E-state index >= 15 is 0 Å². The van der Waals surface area contributed by atoms with Crippen molar-refractivity contribution in [3.8, 4) is 0 Å². The van der Waals surface area contributed by atoms with Crippen molar-refractivity contribution in [3.05, 3.63) is 55.0 Å². The number of carbonyl (C=O) groups excluding carboxylic acids is 1. The SMILES string of the molecule is Cc1cn(CC(=O)N2CCCC[C@H]2CCc2cccs2)c(=O)[nH]c1=O. The number of H-pyrrole nitrogens is 1. The number of nitrogens with one attached hydrogen (secondary N) is 1. The van der Waals surface area contributed by atoms with E-state index in [4.69, 9.17) is 0 Å². The molecular weight excluding hydrogens is 338 g/mol. The molecule has 134 valence electrons. The topological polar surface area (TPSA) is 75.2 Å². The van der Waals surface area contributed by atoms with Gasteiger partial charge in [-0.25, -0.2) is 4.79 Å². The van der Waals surface area contributed by atoms with E-state index in [1.54, 1.807) is 18.3 Å². The van der Waals surface area contributed by atoms with Gasteiger partial charge in [0.05, 0.1) is 0 Å². The molecule has 1 saturated heterocycles. The lowest BCUT2D eigenvalue weighted by Gasteiger charge is -2.36. The Morgan fingerprint density at radius 1 is 1.36 bits per heavy atom. The Labute approximate surface area is 150 Å². The molecule has 0 radical (unpaired) electrons. The van der Waals surface area contributed by atoms with Gasteiger partial charge in [0.25, 0.3) is 5.56 Å². The van der Waals surface area contributed by atoms with Crippen molar-refractivity contribution in [2.24, 2.45) is 0 Å². The summed E-state index contributed by atoms with van der Waals surface area (Å²) in [6, 6.07) is 4.40. The zero-order valence-electron chi connectivity index (χ0n) is 14.4. The van der Waals surface area contributed by atoms with Crippen LogP contribution < -0.4 is 11.2 Å². The van der Waals surface area contributed by atoms with Gasteiger partial charge >= 0.3 is 5.69 Å². The Bertz CT molecular complexity index is 838. The zero-order valence-corrected chi connectivity index (χ0v) is 15.2. The van der Waals surface area contributed by atoms with E-state index < -0.39 is 11.2 Å². The number of piperidine rings is 1. The highest BCUT2D eigenvalue weighted by Gasteiger charge is 2.26. The smallest absolute Gasteiger partial charge is 0.328 e. The molecule has 3 rings (SSSR count). The van der Waals surface area contributed by atoms with Crippen molar-refractivity contribution in [1.29, 1.82) is 0 Å². The molecule has 1 aliphatic rings. The van der Waals surface area contributed by atoms with Crippen molar-refractivity contribution < 1.29 is 4.79 Å². The molecule has 3 heterocycles. The van der Waals surface area contributed by atoms with Crippen LogP contribution in [0.3, 0.4) is 0 Å². The lowest BCUT2D eigenvalue weighted by molar-refractivity contribution is -0.135. The molecule has 7 heteroatoms. The van der Waals surface area contributed by atoms with Gasteiger partial charge in [0.2, 0.25) is 5.91 Å². The van der Waals surface area contributed by atoms with Gasteiger partial charge in [-0.2, -0.15) is 0 Å². The van der Waals surface area contributed by atoms with Gasteiger partial charge in [-0.1, -0.05) is 6.07 Å². The van der Waals surface area contributed by atoms with Crippen LogP contribution in [0.15, 0.2) is 33.3 Å². The molecule has 6 nitrogen and oxygen atoms in total. The quantitative estimate of drug-likeness (QED) is 0.884. The van der Waals surface area contributed by atoms with Crippen LogP contribution >= 0.6 is 11.3 Å². The Morgan fingerprint density at radius 3 is 2.96 bits per heavy atom. The average Bonchev–Trinajstić information content (AvgIpc) is 3.11. The van der Waals surface area contributed by atoms with Gasteiger partial charge in [0.15, 0.2) is 0 Å². The van der Waals surface area contributed by atoms with Crippen LogP contribution in [0.2, 0.25) is 0 Å². The van der Waals surface area contributed by atoms with Gasteiger partial charge in [0.1, 0.15) is 6.54 Å². The standard InChI is InChI=1S/C18H23N3O3S/c1-13-11-20(18(24)19-17(13)23)12-16(22)21-9-3-2-5-14(21)7-8-15-6-4-10-25-15/h4,6,10-11,14H,2-3,5,7-9,12H2,1H3,(H,19,23,24)/t14-/m0/s1. The van der Waals surface area contributed by atoms with Crippen molar-refractivity contribution in [3.63, 3.8) is 0 Å². The van der Waals surface area contributed by atoms with Gasteiger partial charge in [-0.3, -0.25) is 19.1 Å². The third kappa shape index (κ3) is 4.28.